The average Bonchev–Trinajstić information content (AvgIpc) is 2.61. The van der Waals surface area contributed by atoms with Gasteiger partial charge in [0.2, 0.25) is 0 Å². The van der Waals surface area contributed by atoms with E-state index in [-0.39, 0.29) is 12.1 Å². The minimum atomic E-state index is -0.255. The molecule has 5 heteroatoms. The fourth-order valence-electron chi connectivity index (χ4n) is 2.74. The summed E-state index contributed by atoms with van der Waals surface area (Å²) in [6.07, 6.45) is 7.75. The van der Waals surface area contributed by atoms with E-state index in [9.17, 15) is 4.79 Å². The van der Waals surface area contributed by atoms with Crippen LogP contribution >= 0.6 is 0 Å². The number of hydrogen-bond acceptors (Lipinski definition) is 5. The van der Waals surface area contributed by atoms with E-state index in [0.717, 1.165) is 31.4 Å². The van der Waals surface area contributed by atoms with Gasteiger partial charge in [-0.25, -0.2) is 9.79 Å². The highest BCUT2D eigenvalue weighted by Gasteiger charge is 2.15. The van der Waals surface area contributed by atoms with Crippen molar-refractivity contribution in [2.45, 2.75) is 58.0 Å². The van der Waals surface area contributed by atoms with Gasteiger partial charge < -0.3 is 10.5 Å². The van der Waals surface area contributed by atoms with Gasteiger partial charge in [-0.15, -0.1) is 0 Å². The zero-order valence-electron chi connectivity index (χ0n) is 14.6. The molecule has 0 aliphatic carbocycles. The number of nitrogens with two attached hydrogens (primary N) is 1. The van der Waals surface area contributed by atoms with Crippen LogP contribution in [0.5, 0.6) is 0 Å². The molecular weight excluding hydrogens is 302 g/mol. The molecule has 1 aliphatic rings. The average molecular weight is 331 g/mol. The zero-order valence-corrected chi connectivity index (χ0v) is 14.6. The van der Waals surface area contributed by atoms with Crippen molar-refractivity contribution in [3.8, 4) is 0 Å². The normalized spacial score (nSPS) is 17.4. The monoisotopic (exact) mass is 331 g/mol. The van der Waals surface area contributed by atoms with E-state index in [1.165, 1.54) is 25.7 Å². The molecular formula is C19H29N3O2. The lowest BCUT2D eigenvalue weighted by Crippen LogP contribution is -2.32. The largest absolute Gasteiger partial charge is 0.462 e. The Balaban J connectivity index is 1.74. The fraction of sp³-hybridized carbons (Fsp3) is 0.579. The van der Waals surface area contributed by atoms with Crippen LogP contribution in [0.25, 0.3) is 0 Å². The van der Waals surface area contributed by atoms with Gasteiger partial charge in [-0.1, -0.05) is 51.2 Å². The molecule has 1 aromatic carbocycles. The molecule has 3 N–H and O–H groups in total. The zero-order chi connectivity index (χ0) is 17.2. The van der Waals surface area contributed by atoms with Gasteiger partial charge in [0.1, 0.15) is 6.17 Å². The Morgan fingerprint density at radius 3 is 2.62 bits per heavy atom. The van der Waals surface area contributed by atoms with Gasteiger partial charge in [-0.05, 0) is 24.1 Å². The molecule has 1 aromatic rings. The summed E-state index contributed by atoms with van der Waals surface area (Å²) in [6, 6.07) is 7.39. The molecule has 0 amide bonds. The first-order valence-corrected chi connectivity index (χ1v) is 9.03. The second kappa shape index (κ2) is 10.1. The molecule has 5 nitrogen and oxygen atoms in total. The Bertz CT molecular complexity index is 540. The smallest absolute Gasteiger partial charge is 0.338 e. The number of carbonyl (C=O) groups is 1. The van der Waals surface area contributed by atoms with Gasteiger partial charge in [0, 0.05) is 13.0 Å². The van der Waals surface area contributed by atoms with Crippen molar-refractivity contribution < 1.29 is 9.53 Å². The third-order valence-corrected chi connectivity index (χ3v) is 4.21. The van der Waals surface area contributed by atoms with Crippen molar-refractivity contribution in [1.82, 2.24) is 5.32 Å². The Labute approximate surface area is 144 Å². The summed E-state index contributed by atoms with van der Waals surface area (Å²) in [6.45, 7) is 3.53. The first kappa shape index (κ1) is 18.5. The maximum Gasteiger partial charge on any atom is 0.338 e. The number of ether oxygens (including phenoxy) is 1. The Morgan fingerprint density at radius 2 is 1.92 bits per heavy atom. The lowest BCUT2D eigenvalue weighted by Gasteiger charge is -2.20. The molecule has 0 fully saturated rings. The highest BCUT2D eigenvalue weighted by Crippen LogP contribution is 2.18. The lowest BCUT2D eigenvalue weighted by molar-refractivity contribution is 0.0497. The molecule has 0 saturated carbocycles. The summed E-state index contributed by atoms with van der Waals surface area (Å²) >= 11 is 0. The first-order valence-electron chi connectivity index (χ1n) is 9.03. The van der Waals surface area contributed by atoms with Crippen molar-refractivity contribution in [3.05, 3.63) is 35.4 Å². The predicted molar refractivity (Wildman–Crippen MR) is 97.1 cm³/mol. The van der Waals surface area contributed by atoms with E-state index in [1.807, 2.05) is 12.1 Å². The number of nitrogens with one attached hydrogen (secondary N) is 1. The molecule has 0 spiro atoms. The van der Waals surface area contributed by atoms with E-state index < -0.39 is 0 Å². The molecule has 0 aromatic heterocycles. The van der Waals surface area contributed by atoms with Crippen LogP contribution in [0.1, 0.15) is 74.0 Å². The number of esters is 1. The van der Waals surface area contributed by atoms with E-state index in [2.05, 4.69) is 17.2 Å². The number of aliphatic imine (C=N–C) groups is 1. The van der Waals surface area contributed by atoms with Crippen LogP contribution in [0, 0.1) is 0 Å². The third-order valence-electron chi connectivity index (χ3n) is 4.21. The fourth-order valence-corrected chi connectivity index (χ4v) is 2.74. The molecule has 1 heterocycles. The third kappa shape index (κ3) is 5.96. The van der Waals surface area contributed by atoms with Gasteiger partial charge in [-0.3, -0.25) is 5.32 Å². The number of hydrogen-bond donors (Lipinski definition) is 2. The summed E-state index contributed by atoms with van der Waals surface area (Å²) in [5.74, 6) is 0.413. The van der Waals surface area contributed by atoms with Crippen LogP contribution < -0.4 is 11.1 Å². The van der Waals surface area contributed by atoms with E-state index >= 15 is 0 Å². The maximum atomic E-state index is 12.0. The topological polar surface area (TPSA) is 76.7 Å². The minimum Gasteiger partial charge on any atom is -0.462 e. The van der Waals surface area contributed by atoms with Crippen molar-refractivity contribution in [2.75, 3.05) is 13.2 Å². The van der Waals surface area contributed by atoms with Crippen molar-refractivity contribution in [3.63, 3.8) is 0 Å². The number of benzene rings is 1. The number of unbranched alkanes of at least 4 members (excludes halogenated alkanes) is 5. The molecule has 0 bridgehead atoms. The predicted octanol–water partition coefficient (Wildman–Crippen LogP) is 3.55. The highest BCUT2D eigenvalue weighted by molar-refractivity contribution is 5.89. The number of carbonyl (C=O) groups excluding carboxylic acids is 1. The van der Waals surface area contributed by atoms with Gasteiger partial charge in [0.15, 0.2) is 0 Å². The van der Waals surface area contributed by atoms with Gasteiger partial charge in [0.25, 0.3) is 0 Å². The summed E-state index contributed by atoms with van der Waals surface area (Å²) < 4.78 is 5.33. The van der Waals surface area contributed by atoms with Crippen molar-refractivity contribution in [2.24, 2.45) is 10.7 Å². The second-order valence-corrected chi connectivity index (χ2v) is 6.25. The molecule has 2 rings (SSSR count). The molecule has 24 heavy (non-hydrogen) atoms. The van der Waals surface area contributed by atoms with E-state index in [1.54, 1.807) is 12.1 Å². The van der Waals surface area contributed by atoms with Crippen LogP contribution in [0.3, 0.4) is 0 Å². The molecule has 132 valence electrons. The van der Waals surface area contributed by atoms with Crippen molar-refractivity contribution >= 4 is 11.8 Å². The SMILES string of the molecule is CCCCCCCCOC(=O)c1ccc(C2N=C(N)CCN2)cc1. The number of amidine groups is 1. The van der Waals surface area contributed by atoms with E-state index in [4.69, 9.17) is 10.5 Å². The summed E-state index contributed by atoms with van der Waals surface area (Å²) in [4.78, 5) is 16.4. The first-order chi connectivity index (χ1) is 11.7. The van der Waals surface area contributed by atoms with Crippen LogP contribution in [0.2, 0.25) is 0 Å². The maximum absolute atomic E-state index is 12.0. The summed E-state index contributed by atoms with van der Waals surface area (Å²) in [5, 5.41) is 3.29. The van der Waals surface area contributed by atoms with Gasteiger partial charge in [-0.2, -0.15) is 0 Å². The standard InChI is InChI=1S/C19H29N3O2/c1-2-3-4-5-6-7-14-24-19(23)16-10-8-15(9-11-16)18-21-13-12-17(20)22-18/h8-11,18,21H,2-7,12-14H2,1H3,(H2,20,22). The van der Waals surface area contributed by atoms with Crippen molar-refractivity contribution in [1.29, 1.82) is 0 Å². The second-order valence-electron chi connectivity index (χ2n) is 6.25. The van der Waals surface area contributed by atoms with Crippen LogP contribution in [-0.4, -0.2) is 25.0 Å². The van der Waals surface area contributed by atoms with E-state index in [0.29, 0.717) is 18.0 Å². The summed E-state index contributed by atoms with van der Waals surface area (Å²) in [5.41, 5.74) is 7.37. The quantitative estimate of drug-likeness (QED) is 0.536. The Kier molecular flexibility index (Phi) is 7.75. The van der Waals surface area contributed by atoms with Crippen LogP contribution in [-0.2, 0) is 4.74 Å². The highest BCUT2D eigenvalue weighted by atomic mass is 16.5. The molecule has 0 radical (unpaired) electrons. The molecule has 1 unspecified atom stereocenters. The molecule has 1 aliphatic heterocycles. The lowest BCUT2D eigenvalue weighted by atomic mass is 10.1. The minimum absolute atomic E-state index is 0.119. The van der Waals surface area contributed by atoms with Gasteiger partial charge in [0.05, 0.1) is 18.0 Å². The molecule has 1 atom stereocenters. The van der Waals surface area contributed by atoms with Crippen LogP contribution in [0.15, 0.2) is 29.3 Å². The Hall–Kier alpha value is -1.88. The Morgan fingerprint density at radius 1 is 1.21 bits per heavy atom. The summed E-state index contributed by atoms with van der Waals surface area (Å²) in [7, 11) is 0. The number of nitrogens with zero attached hydrogens (tertiary/aromatic N) is 1. The number of rotatable bonds is 9. The van der Waals surface area contributed by atoms with Crippen LogP contribution in [0.4, 0.5) is 0 Å². The van der Waals surface area contributed by atoms with Gasteiger partial charge >= 0.3 is 5.97 Å². The molecule has 0 saturated heterocycles.